The molecule has 0 aliphatic rings. The SMILES string of the molecule is Cc1c(C(C)C)nc2scc(C)n2c1=O. The molecule has 0 saturated carbocycles. The lowest BCUT2D eigenvalue weighted by molar-refractivity contribution is 0.798. The van der Waals surface area contributed by atoms with Crippen molar-refractivity contribution in [3.8, 4) is 0 Å². The Hall–Kier alpha value is -1.16. The summed E-state index contributed by atoms with van der Waals surface area (Å²) in [6.07, 6.45) is 0. The molecule has 0 unspecified atom stereocenters. The van der Waals surface area contributed by atoms with Gasteiger partial charge in [0.15, 0.2) is 4.96 Å². The second-order valence-electron chi connectivity index (χ2n) is 4.08. The van der Waals surface area contributed by atoms with E-state index >= 15 is 0 Å². The first-order chi connectivity index (χ1) is 7.02. The molecule has 0 amide bonds. The van der Waals surface area contributed by atoms with Gasteiger partial charge in [-0.1, -0.05) is 13.8 Å². The molecular formula is C11H14N2OS. The number of thiazole rings is 1. The molecule has 0 aromatic carbocycles. The average Bonchev–Trinajstić information content (AvgIpc) is 2.53. The maximum absolute atomic E-state index is 12.1. The highest BCUT2D eigenvalue weighted by Crippen LogP contribution is 2.18. The van der Waals surface area contributed by atoms with Gasteiger partial charge in [-0.3, -0.25) is 9.20 Å². The van der Waals surface area contributed by atoms with Gasteiger partial charge in [-0.25, -0.2) is 4.98 Å². The predicted octanol–water partition coefficient (Wildman–Crippen LogP) is 2.50. The van der Waals surface area contributed by atoms with Crippen LogP contribution in [0.3, 0.4) is 0 Å². The van der Waals surface area contributed by atoms with Crippen molar-refractivity contribution in [2.75, 3.05) is 0 Å². The van der Waals surface area contributed by atoms with Crippen molar-refractivity contribution >= 4 is 16.3 Å². The molecule has 2 aromatic rings. The van der Waals surface area contributed by atoms with E-state index in [0.29, 0.717) is 5.92 Å². The van der Waals surface area contributed by atoms with Gasteiger partial charge in [0.1, 0.15) is 0 Å². The summed E-state index contributed by atoms with van der Waals surface area (Å²) in [5, 5.41) is 1.97. The molecule has 0 atom stereocenters. The Morgan fingerprint density at radius 2 is 2.07 bits per heavy atom. The van der Waals surface area contributed by atoms with E-state index in [0.717, 1.165) is 21.9 Å². The molecule has 80 valence electrons. The lowest BCUT2D eigenvalue weighted by Gasteiger charge is -2.08. The molecule has 4 heteroatoms. The van der Waals surface area contributed by atoms with Crippen LogP contribution in [0.15, 0.2) is 10.2 Å². The first-order valence-electron chi connectivity index (χ1n) is 4.99. The van der Waals surface area contributed by atoms with Gasteiger partial charge in [0.25, 0.3) is 5.56 Å². The topological polar surface area (TPSA) is 34.4 Å². The lowest BCUT2D eigenvalue weighted by atomic mass is 10.1. The average molecular weight is 222 g/mol. The molecule has 0 aliphatic heterocycles. The van der Waals surface area contributed by atoms with Crippen LogP contribution >= 0.6 is 11.3 Å². The fourth-order valence-corrected chi connectivity index (χ4v) is 2.61. The number of nitrogens with zero attached hydrogens (tertiary/aromatic N) is 2. The van der Waals surface area contributed by atoms with E-state index in [-0.39, 0.29) is 5.56 Å². The van der Waals surface area contributed by atoms with Gasteiger partial charge < -0.3 is 0 Å². The first-order valence-corrected chi connectivity index (χ1v) is 5.87. The fraction of sp³-hybridized carbons (Fsp3) is 0.455. The Bertz CT molecular complexity index is 566. The molecule has 0 radical (unpaired) electrons. The van der Waals surface area contributed by atoms with Gasteiger partial charge in [-0.15, -0.1) is 11.3 Å². The zero-order valence-corrected chi connectivity index (χ0v) is 10.2. The summed E-state index contributed by atoms with van der Waals surface area (Å²) in [7, 11) is 0. The van der Waals surface area contributed by atoms with Crippen molar-refractivity contribution in [1.82, 2.24) is 9.38 Å². The van der Waals surface area contributed by atoms with E-state index in [4.69, 9.17) is 0 Å². The Morgan fingerprint density at radius 3 is 2.67 bits per heavy atom. The predicted molar refractivity (Wildman–Crippen MR) is 62.9 cm³/mol. The Morgan fingerprint density at radius 1 is 1.40 bits per heavy atom. The van der Waals surface area contributed by atoms with E-state index < -0.39 is 0 Å². The number of fused-ring (bicyclic) bond motifs is 1. The second-order valence-corrected chi connectivity index (χ2v) is 4.91. The lowest BCUT2D eigenvalue weighted by Crippen LogP contribution is -2.20. The van der Waals surface area contributed by atoms with Gasteiger partial charge >= 0.3 is 0 Å². The molecule has 0 bridgehead atoms. The Kier molecular flexibility index (Phi) is 2.38. The molecule has 0 saturated heterocycles. The molecule has 0 fully saturated rings. The third kappa shape index (κ3) is 1.49. The zero-order chi connectivity index (χ0) is 11.2. The highest BCUT2D eigenvalue weighted by atomic mass is 32.1. The smallest absolute Gasteiger partial charge is 0.261 e. The van der Waals surface area contributed by atoms with Gasteiger partial charge in [-0.2, -0.15) is 0 Å². The van der Waals surface area contributed by atoms with Crippen molar-refractivity contribution in [3.05, 3.63) is 32.7 Å². The van der Waals surface area contributed by atoms with Crippen LogP contribution in [-0.2, 0) is 0 Å². The third-order valence-corrected chi connectivity index (χ3v) is 3.49. The number of aromatic nitrogens is 2. The van der Waals surface area contributed by atoms with Crippen LogP contribution in [-0.4, -0.2) is 9.38 Å². The number of hydrogen-bond donors (Lipinski definition) is 0. The van der Waals surface area contributed by atoms with Crippen LogP contribution in [0.5, 0.6) is 0 Å². The van der Waals surface area contributed by atoms with Crippen LogP contribution in [0, 0.1) is 13.8 Å². The summed E-state index contributed by atoms with van der Waals surface area (Å²) in [6, 6.07) is 0. The van der Waals surface area contributed by atoms with Crippen LogP contribution in [0.1, 0.15) is 36.7 Å². The van der Waals surface area contributed by atoms with E-state index in [2.05, 4.69) is 18.8 Å². The highest BCUT2D eigenvalue weighted by molar-refractivity contribution is 7.15. The standard InChI is InChI=1S/C11H14N2OS/c1-6(2)9-8(4)10(14)13-7(3)5-15-11(13)12-9/h5-6H,1-4H3. The first kappa shape index (κ1) is 10.4. The minimum absolute atomic E-state index is 0.0717. The van der Waals surface area contributed by atoms with E-state index in [1.165, 1.54) is 11.3 Å². The van der Waals surface area contributed by atoms with Crippen molar-refractivity contribution in [2.24, 2.45) is 0 Å². The van der Waals surface area contributed by atoms with Gasteiger partial charge in [0.2, 0.25) is 0 Å². The fourth-order valence-electron chi connectivity index (χ4n) is 1.74. The highest BCUT2D eigenvalue weighted by Gasteiger charge is 2.13. The van der Waals surface area contributed by atoms with Crippen LogP contribution < -0.4 is 5.56 Å². The molecule has 0 aliphatic carbocycles. The number of rotatable bonds is 1. The molecule has 2 rings (SSSR count). The normalized spacial score (nSPS) is 11.5. The molecule has 2 aromatic heterocycles. The van der Waals surface area contributed by atoms with Crippen LogP contribution in [0.4, 0.5) is 0 Å². The van der Waals surface area contributed by atoms with Crippen molar-refractivity contribution < 1.29 is 0 Å². The van der Waals surface area contributed by atoms with Gasteiger partial charge in [0, 0.05) is 16.6 Å². The summed E-state index contributed by atoms with van der Waals surface area (Å²) in [6.45, 7) is 7.91. The van der Waals surface area contributed by atoms with Crippen molar-refractivity contribution in [1.29, 1.82) is 0 Å². The number of aryl methyl sites for hydroxylation is 1. The summed E-state index contributed by atoms with van der Waals surface area (Å²) in [5.41, 5.74) is 2.72. The minimum atomic E-state index is 0.0717. The van der Waals surface area contributed by atoms with E-state index in [1.807, 2.05) is 19.2 Å². The zero-order valence-electron chi connectivity index (χ0n) is 9.37. The summed E-state index contributed by atoms with van der Waals surface area (Å²) < 4.78 is 1.69. The third-order valence-electron chi connectivity index (χ3n) is 2.55. The number of hydrogen-bond acceptors (Lipinski definition) is 3. The molecule has 15 heavy (non-hydrogen) atoms. The maximum Gasteiger partial charge on any atom is 0.261 e. The molecular weight excluding hydrogens is 208 g/mol. The van der Waals surface area contributed by atoms with Gasteiger partial charge in [0.05, 0.1) is 5.69 Å². The maximum atomic E-state index is 12.1. The van der Waals surface area contributed by atoms with E-state index in [1.54, 1.807) is 4.40 Å². The largest absolute Gasteiger partial charge is 0.269 e. The molecule has 2 heterocycles. The summed E-state index contributed by atoms with van der Waals surface area (Å²) >= 11 is 1.52. The summed E-state index contributed by atoms with van der Waals surface area (Å²) in [4.78, 5) is 17.4. The monoisotopic (exact) mass is 222 g/mol. The molecule has 0 spiro atoms. The Balaban J connectivity index is 2.91. The van der Waals surface area contributed by atoms with Crippen molar-refractivity contribution in [3.63, 3.8) is 0 Å². The summed E-state index contributed by atoms with van der Waals surface area (Å²) in [5.74, 6) is 0.296. The minimum Gasteiger partial charge on any atom is -0.269 e. The Labute approximate surface area is 92.4 Å². The molecule has 3 nitrogen and oxygen atoms in total. The van der Waals surface area contributed by atoms with Crippen LogP contribution in [0.25, 0.3) is 4.96 Å². The van der Waals surface area contributed by atoms with Gasteiger partial charge in [-0.05, 0) is 19.8 Å². The second kappa shape index (κ2) is 3.45. The quantitative estimate of drug-likeness (QED) is 0.743. The van der Waals surface area contributed by atoms with Crippen LogP contribution in [0.2, 0.25) is 0 Å². The van der Waals surface area contributed by atoms with E-state index in [9.17, 15) is 4.79 Å². The van der Waals surface area contributed by atoms with Crippen molar-refractivity contribution in [2.45, 2.75) is 33.6 Å². The molecule has 0 N–H and O–H groups in total.